The normalized spacial score (nSPS) is 10.7. The Balaban J connectivity index is 2.33. The number of benzene rings is 1. The van der Waals surface area contributed by atoms with Crippen molar-refractivity contribution in [2.75, 3.05) is 13.1 Å². The SMILES string of the molecule is Cc1cccc(CNCC(=O)NCC(C)C)c1C. The predicted molar refractivity (Wildman–Crippen MR) is 75.5 cm³/mol. The van der Waals surface area contributed by atoms with Crippen LogP contribution in [0.1, 0.15) is 30.5 Å². The number of carbonyl (C=O) groups excluding carboxylic acids is 1. The van der Waals surface area contributed by atoms with Gasteiger partial charge in [0.15, 0.2) is 0 Å². The van der Waals surface area contributed by atoms with Gasteiger partial charge in [-0.15, -0.1) is 0 Å². The monoisotopic (exact) mass is 248 g/mol. The maximum atomic E-state index is 11.5. The molecule has 0 bridgehead atoms. The largest absolute Gasteiger partial charge is 0.355 e. The topological polar surface area (TPSA) is 41.1 Å². The second kappa shape index (κ2) is 7.17. The van der Waals surface area contributed by atoms with Crippen molar-refractivity contribution in [1.29, 1.82) is 0 Å². The van der Waals surface area contributed by atoms with E-state index in [1.807, 2.05) is 0 Å². The zero-order valence-electron chi connectivity index (χ0n) is 11.8. The van der Waals surface area contributed by atoms with Crippen molar-refractivity contribution >= 4 is 5.91 Å². The number of nitrogens with one attached hydrogen (secondary N) is 2. The zero-order valence-corrected chi connectivity index (χ0v) is 11.8. The summed E-state index contributed by atoms with van der Waals surface area (Å²) in [6, 6.07) is 6.26. The molecule has 3 nitrogen and oxygen atoms in total. The molecule has 1 aromatic rings. The molecular weight excluding hydrogens is 224 g/mol. The third-order valence-corrected chi connectivity index (χ3v) is 3.03. The zero-order chi connectivity index (χ0) is 13.5. The van der Waals surface area contributed by atoms with E-state index in [1.54, 1.807) is 0 Å². The van der Waals surface area contributed by atoms with Crippen LogP contribution in [-0.2, 0) is 11.3 Å². The highest BCUT2D eigenvalue weighted by Crippen LogP contribution is 2.11. The molecule has 0 radical (unpaired) electrons. The quantitative estimate of drug-likeness (QED) is 0.810. The maximum absolute atomic E-state index is 11.5. The third-order valence-electron chi connectivity index (χ3n) is 3.03. The molecular formula is C15H24N2O. The van der Waals surface area contributed by atoms with Crippen LogP contribution in [0.4, 0.5) is 0 Å². The Bertz CT molecular complexity index is 399. The third kappa shape index (κ3) is 4.88. The summed E-state index contributed by atoms with van der Waals surface area (Å²) in [5, 5.41) is 6.07. The molecule has 0 fully saturated rings. The molecule has 0 aliphatic carbocycles. The molecule has 0 heterocycles. The van der Waals surface area contributed by atoms with Crippen molar-refractivity contribution in [2.24, 2.45) is 5.92 Å². The number of rotatable bonds is 6. The number of hydrogen-bond donors (Lipinski definition) is 2. The van der Waals surface area contributed by atoms with E-state index < -0.39 is 0 Å². The summed E-state index contributed by atoms with van der Waals surface area (Å²) in [5.74, 6) is 0.557. The van der Waals surface area contributed by atoms with Gasteiger partial charge in [-0.05, 0) is 36.5 Å². The number of amides is 1. The standard InChI is InChI=1S/C15H24N2O/c1-11(2)8-17-15(18)10-16-9-14-7-5-6-12(3)13(14)4/h5-7,11,16H,8-10H2,1-4H3,(H,17,18). The summed E-state index contributed by atoms with van der Waals surface area (Å²) in [7, 11) is 0. The van der Waals surface area contributed by atoms with Crippen molar-refractivity contribution in [1.82, 2.24) is 10.6 Å². The van der Waals surface area contributed by atoms with Gasteiger partial charge in [-0.3, -0.25) is 4.79 Å². The predicted octanol–water partition coefficient (Wildman–Crippen LogP) is 2.17. The van der Waals surface area contributed by atoms with Crippen LogP contribution in [0, 0.1) is 19.8 Å². The molecule has 1 aromatic carbocycles. The fourth-order valence-corrected chi connectivity index (χ4v) is 1.69. The molecule has 0 aromatic heterocycles. The molecule has 1 amide bonds. The summed E-state index contributed by atoms with van der Waals surface area (Å²) in [6.07, 6.45) is 0. The van der Waals surface area contributed by atoms with Crippen LogP contribution in [-0.4, -0.2) is 19.0 Å². The van der Waals surface area contributed by atoms with E-state index in [9.17, 15) is 4.79 Å². The molecule has 0 unspecified atom stereocenters. The van der Waals surface area contributed by atoms with Gasteiger partial charge in [0.2, 0.25) is 5.91 Å². The number of aryl methyl sites for hydroxylation is 1. The average molecular weight is 248 g/mol. The second-order valence-electron chi connectivity index (χ2n) is 5.16. The van der Waals surface area contributed by atoms with Gasteiger partial charge in [0.1, 0.15) is 0 Å². The van der Waals surface area contributed by atoms with Crippen LogP contribution >= 0.6 is 0 Å². The van der Waals surface area contributed by atoms with E-state index in [4.69, 9.17) is 0 Å². The Morgan fingerprint density at radius 1 is 1.28 bits per heavy atom. The number of hydrogen-bond acceptors (Lipinski definition) is 2. The van der Waals surface area contributed by atoms with Gasteiger partial charge in [-0.1, -0.05) is 32.0 Å². The average Bonchev–Trinajstić information content (AvgIpc) is 2.32. The highest BCUT2D eigenvalue weighted by Gasteiger charge is 2.03. The first-order valence-corrected chi connectivity index (χ1v) is 6.53. The lowest BCUT2D eigenvalue weighted by Crippen LogP contribution is -2.35. The van der Waals surface area contributed by atoms with Crippen molar-refractivity contribution < 1.29 is 4.79 Å². The summed E-state index contributed by atoms with van der Waals surface area (Å²) in [4.78, 5) is 11.5. The van der Waals surface area contributed by atoms with Gasteiger partial charge in [0.25, 0.3) is 0 Å². The van der Waals surface area contributed by atoms with Gasteiger partial charge in [0, 0.05) is 13.1 Å². The van der Waals surface area contributed by atoms with Crippen molar-refractivity contribution in [3.8, 4) is 0 Å². The first-order chi connectivity index (χ1) is 8.50. The van der Waals surface area contributed by atoms with Gasteiger partial charge in [0.05, 0.1) is 6.54 Å². The molecule has 3 heteroatoms. The molecule has 0 aliphatic rings. The first-order valence-electron chi connectivity index (χ1n) is 6.53. The summed E-state index contributed by atoms with van der Waals surface area (Å²) in [5.41, 5.74) is 3.85. The Labute approximate surface area is 110 Å². The molecule has 100 valence electrons. The van der Waals surface area contributed by atoms with Gasteiger partial charge >= 0.3 is 0 Å². The highest BCUT2D eigenvalue weighted by molar-refractivity contribution is 5.77. The lowest BCUT2D eigenvalue weighted by Gasteiger charge is -2.11. The van der Waals surface area contributed by atoms with E-state index in [2.05, 4.69) is 56.5 Å². The van der Waals surface area contributed by atoms with Crippen LogP contribution in [0.5, 0.6) is 0 Å². The molecule has 2 N–H and O–H groups in total. The van der Waals surface area contributed by atoms with Crippen molar-refractivity contribution in [3.63, 3.8) is 0 Å². The molecule has 0 atom stereocenters. The fraction of sp³-hybridized carbons (Fsp3) is 0.533. The van der Waals surface area contributed by atoms with Crippen LogP contribution < -0.4 is 10.6 Å². The van der Waals surface area contributed by atoms with Crippen LogP contribution in [0.15, 0.2) is 18.2 Å². The van der Waals surface area contributed by atoms with Gasteiger partial charge in [-0.25, -0.2) is 0 Å². The first kappa shape index (κ1) is 14.7. The molecule has 0 saturated heterocycles. The Morgan fingerprint density at radius 3 is 2.67 bits per heavy atom. The van der Waals surface area contributed by atoms with Crippen molar-refractivity contribution in [3.05, 3.63) is 34.9 Å². The number of carbonyl (C=O) groups is 1. The Morgan fingerprint density at radius 2 is 2.00 bits per heavy atom. The molecule has 1 rings (SSSR count). The summed E-state index contributed by atoms with van der Waals surface area (Å²) >= 11 is 0. The highest BCUT2D eigenvalue weighted by atomic mass is 16.1. The molecule has 0 spiro atoms. The Kier molecular flexibility index (Phi) is 5.86. The molecule has 18 heavy (non-hydrogen) atoms. The minimum atomic E-state index is 0.0639. The fourth-order valence-electron chi connectivity index (χ4n) is 1.69. The second-order valence-corrected chi connectivity index (χ2v) is 5.16. The lowest BCUT2D eigenvalue weighted by molar-refractivity contribution is -0.120. The maximum Gasteiger partial charge on any atom is 0.233 e. The van der Waals surface area contributed by atoms with Gasteiger partial charge in [-0.2, -0.15) is 0 Å². The van der Waals surface area contributed by atoms with E-state index >= 15 is 0 Å². The van der Waals surface area contributed by atoms with Gasteiger partial charge < -0.3 is 10.6 Å². The smallest absolute Gasteiger partial charge is 0.233 e. The van der Waals surface area contributed by atoms with E-state index in [1.165, 1.54) is 16.7 Å². The molecule has 0 saturated carbocycles. The van der Waals surface area contributed by atoms with E-state index in [0.29, 0.717) is 12.5 Å². The van der Waals surface area contributed by atoms with E-state index in [0.717, 1.165) is 13.1 Å². The lowest BCUT2D eigenvalue weighted by atomic mass is 10.0. The van der Waals surface area contributed by atoms with Crippen LogP contribution in [0.3, 0.4) is 0 Å². The summed E-state index contributed by atoms with van der Waals surface area (Å²) < 4.78 is 0. The van der Waals surface area contributed by atoms with Crippen LogP contribution in [0.2, 0.25) is 0 Å². The van der Waals surface area contributed by atoms with Crippen LogP contribution in [0.25, 0.3) is 0 Å². The molecule has 0 aliphatic heterocycles. The minimum absolute atomic E-state index is 0.0639. The Hall–Kier alpha value is -1.35. The minimum Gasteiger partial charge on any atom is -0.355 e. The summed E-state index contributed by atoms with van der Waals surface area (Å²) in [6.45, 7) is 10.2. The van der Waals surface area contributed by atoms with Crippen molar-refractivity contribution in [2.45, 2.75) is 34.2 Å². The van der Waals surface area contributed by atoms with E-state index in [-0.39, 0.29) is 5.91 Å².